The number of fused-ring (bicyclic) bond motifs is 1. The summed E-state index contributed by atoms with van der Waals surface area (Å²) in [5, 5.41) is 12.0. The number of pyridine rings is 1. The number of hydrogen-bond acceptors (Lipinski definition) is 1. The molecule has 1 aromatic carbocycles. The summed E-state index contributed by atoms with van der Waals surface area (Å²) in [6.45, 7) is 2.01. The van der Waals surface area contributed by atoms with Crippen LogP contribution in [0.5, 0.6) is 5.75 Å². The standard InChI is InChI=1S/C10H8NO/c1-7-4-5-11-10-6-8(12)2-3-9(7)10/h2-6H,1H3. The number of hydrogen-bond donors (Lipinski definition) is 0. The zero-order valence-corrected chi connectivity index (χ0v) is 6.74. The van der Waals surface area contributed by atoms with Crippen molar-refractivity contribution in [1.29, 1.82) is 0 Å². The highest BCUT2D eigenvalue weighted by Crippen LogP contribution is 2.20. The normalized spacial score (nSPS) is 10.4. The molecule has 1 radical (unpaired) electrons. The van der Waals surface area contributed by atoms with Gasteiger partial charge in [0.05, 0.1) is 5.52 Å². The van der Waals surface area contributed by atoms with Crippen LogP contribution in [0, 0.1) is 6.92 Å². The molecule has 59 valence electrons. The van der Waals surface area contributed by atoms with Gasteiger partial charge in [-0.2, -0.15) is 0 Å². The van der Waals surface area contributed by atoms with E-state index in [2.05, 4.69) is 4.98 Å². The van der Waals surface area contributed by atoms with Gasteiger partial charge in [0.15, 0.2) is 5.75 Å². The number of aromatic nitrogens is 1. The van der Waals surface area contributed by atoms with Gasteiger partial charge in [0.25, 0.3) is 0 Å². The van der Waals surface area contributed by atoms with Gasteiger partial charge in [-0.05, 0) is 30.7 Å². The van der Waals surface area contributed by atoms with Crippen molar-refractivity contribution in [2.45, 2.75) is 6.92 Å². The van der Waals surface area contributed by atoms with E-state index < -0.39 is 0 Å². The highest BCUT2D eigenvalue weighted by Gasteiger charge is 1.98. The first-order valence-corrected chi connectivity index (χ1v) is 3.80. The Morgan fingerprint density at radius 2 is 2.08 bits per heavy atom. The van der Waals surface area contributed by atoms with Crippen molar-refractivity contribution in [1.82, 2.24) is 4.98 Å². The van der Waals surface area contributed by atoms with Gasteiger partial charge in [-0.3, -0.25) is 10.1 Å². The van der Waals surface area contributed by atoms with E-state index in [4.69, 9.17) is 0 Å². The fourth-order valence-corrected chi connectivity index (χ4v) is 1.27. The van der Waals surface area contributed by atoms with E-state index in [1.807, 2.05) is 19.1 Å². The molecule has 0 saturated heterocycles. The summed E-state index contributed by atoms with van der Waals surface area (Å²) in [5.74, 6) is 0.0144. The number of benzene rings is 1. The average Bonchev–Trinajstić information content (AvgIpc) is 2.04. The first-order valence-electron chi connectivity index (χ1n) is 3.80. The second-order valence-corrected chi connectivity index (χ2v) is 2.81. The van der Waals surface area contributed by atoms with Gasteiger partial charge in [0, 0.05) is 17.6 Å². The van der Waals surface area contributed by atoms with Crippen molar-refractivity contribution in [3.8, 4) is 5.75 Å². The molecule has 0 saturated carbocycles. The smallest absolute Gasteiger partial charge is 0.180 e. The van der Waals surface area contributed by atoms with Gasteiger partial charge < -0.3 is 0 Å². The van der Waals surface area contributed by atoms with Crippen molar-refractivity contribution in [3.05, 3.63) is 36.0 Å². The Morgan fingerprint density at radius 3 is 2.92 bits per heavy atom. The molecule has 2 nitrogen and oxygen atoms in total. The van der Waals surface area contributed by atoms with Crippen LogP contribution in [0.3, 0.4) is 0 Å². The predicted octanol–water partition coefficient (Wildman–Crippen LogP) is 2.69. The Labute approximate surface area is 70.5 Å². The molecule has 0 atom stereocenters. The van der Waals surface area contributed by atoms with Crippen LogP contribution in [0.25, 0.3) is 10.9 Å². The second kappa shape index (κ2) is 2.48. The van der Waals surface area contributed by atoms with Crippen LogP contribution in [0.1, 0.15) is 5.56 Å². The summed E-state index contributed by atoms with van der Waals surface area (Å²) in [4.78, 5) is 4.10. The molecule has 2 rings (SSSR count). The van der Waals surface area contributed by atoms with Gasteiger partial charge in [-0.15, -0.1) is 0 Å². The quantitative estimate of drug-likeness (QED) is 0.580. The molecule has 0 amide bonds. The topological polar surface area (TPSA) is 32.8 Å². The zero-order chi connectivity index (χ0) is 8.55. The van der Waals surface area contributed by atoms with Crippen molar-refractivity contribution >= 4 is 10.9 Å². The molecular weight excluding hydrogens is 150 g/mol. The van der Waals surface area contributed by atoms with Crippen LogP contribution >= 0.6 is 0 Å². The molecule has 12 heavy (non-hydrogen) atoms. The largest absolute Gasteiger partial charge is 0.290 e. The lowest BCUT2D eigenvalue weighted by molar-refractivity contribution is 0.355. The highest BCUT2D eigenvalue weighted by atomic mass is 16.3. The number of aryl methyl sites for hydroxylation is 1. The SMILES string of the molecule is Cc1ccnc2cc([O])ccc12. The summed E-state index contributed by atoms with van der Waals surface area (Å²) >= 11 is 0. The lowest BCUT2D eigenvalue weighted by atomic mass is 10.1. The summed E-state index contributed by atoms with van der Waals surface area (Å²) in [6.07, 6.45) is 1.72. The maximum absolute atomic E-state index is 11.0. The number of nitrogens with zero attached hydrogens (tertiary/aromatic N) is 1. The molecule has 0 N–H and O–H groups in total. The maximum atomic E-state index is 11.0. The molecule has 2 heteroatoms. The lowest BCUT2D eigenvalue weighted by Crippen LogP contribution is -1.80. The van der Waals surface area contributed by atoms with E-state index in [0.717, 1.165) is 16.5 Å². The van der Waals surface area contributed by atoms with Gasteiger partial charge in [-0.1, -0.05) is 0 Å². The predicted molar refractivity (Wildman–Crippen MR) is 46.6 cm³/mol. The average molecular weight is 158 g/mol. The molecule has 0 aliphatic heterocycles. The Bertz CT molecular complexity index is 423. The molecule has 1 aromatic heterocycles. The molecule has 0 bridgehead atoms. The van der Waals surface area contributed by atoms with Gasteiger partial charge in [-0.25, -0.2) is 0 Å². The van der Waals surface area contributed by atoms with E-state index in [-0.39, 0.29) is 5.75 Å². The van der Waals surface area contributed by atoms with Crippen LogP contribution in [-0.2, 0) is 5.11 Å². The molecule has 0 aliphatic carbocycles. The molecule has 1 heterocycles. The maximum Gasteiger partial charge on any atom is 0.180 e. The minimum absolute atomic E-state index is 0.0144. The van der Waals surface area contributed by atoms with Crippen LogP contribution in [0.15, 0.2) is 30.5 Å². The Kier molecular flexibility index (Phi) is 1.47. The highest BCUT2D eigenvalue weighted by molar-refractivity contribution is 5.82. The van der Waals surface area contributed by atoms with Crippen molar-refractivity contribution < 1.29 is 5.11 Å². The van der Waals surface area contributed by atoms with E-state index in [0.29, 0.717) is 0 Å². The minimum Gasteiger partial charge on any atom is -0.290 e. The first kappa shape index (κ1) is 7.10. The van der Waals surface area contributed by atoms with E-state index in [1.165, 1.54) is 0 Å². The Balaban J connectivity index is 2.86. The minimum atomic E-state index is 0.0144. The Hall–Kier alpha value is -1.57. The molecule has 0 unspecified atom stereocenters. The Morgan fingerprint density at radius 1 is 1.25 bits per heavy atom. The summed E-state index contributed by atoms with van der Waals surface area (Å²) in [6, 6.07) is 6.88. The van der Waals surface area contributed by atoms with E-state index >= 15 is 0 Å². The third-order valence-electron chi connectivity index (χ3n) is 1.93. The molecule has 0 aliphatic rings. The lowest BCUT2D eigenvalue weighted by Gasteiger charge is -1.98. The molecular formula is C10H8NO. The van der Waals surface area contributed by atoms with Crippen molar-refractivity contribution in [2.75, 3.05) is 0 Å². The first-order chi connectivity index (χ1) is 5.77. The number of rotatable bonds is 0. The molecule has 2 aromatic rings. The van der Waals surface area contributed by atoms with Crippen LogP contribution in [0.4, 0.5) is 0 Å². The van der Waals surface area contributed by atoms with Crippen LogP contribution in [-0.4, -0.2) is 4.98 Å². The third-order valence-corrected chi connectivity index (χ3v) is 1.93. The fraction of sp³-hybridized carbons (Fsp3) is 0.100. The van der Waals surface area contributed by atoms with Gasteiger partial charge in [0.1, 0.15) is 0 Å². The summed E-state index contributed by atoms with van der Waals surface area (Å²) in [7, 11) is 0. The van der Waals surface area contributed by atoms with Crippen LogP contribution < -0.4 is 0 Å². The van der Waals surface area contributed by atoms with E-state index in [9.17, 15) is 5.11 Å². The van der Waals surface area contributed by atoms with Crippen molar-refractivity contribution in [3.63, 3.8) is 0 Å². The second-order valence-electron chi connectivity index (χ2n) is 2.81. The molecule has 0 spiro atoms. The van der Waals surface area contributed by atoms with Gasteiger partial charge in [0.2, 0.25) is 0 Å². The zero-order valence-electron chi connectivity index (χ0n) is 6.74. The third kappa shape index (κ3) is 1.01. The van der Waals surface area contributed by atoms with Crippen LogP contribution in [0.2, 0.25) is 0 Å². The monoisotopic (exact) mass is 158 g/mol. The van der Waals surface area contributed by atoms with Crippen molar-refractivity contribution in [2.24, 2.45) is 0 Å². The molecule has 0 fully saturated rings. The fourth-order valence-electron chi connectivity index (χ4n) is 1.27. The van der Waals surface area contributed by atoms with E-state index in [1.54, 1.807) is 18.3 Å². The van der Waals surface area contributed by atoms with Gasteiger partial charge >= 0.3 is 0 Å². The summed E-state index contributed by atoms with van der Waals surface area (Å²) in [5.41, 5.74) is 1.93. The summed E-state index contributed by atoms with van der Waals surface area (Å²) < 4.78 is 0.